The number of hydrogen-bond donors (Lipinski definition) is 3. The van der Waals surface area contributed by atoms with E-state index >= 15 is 0 Å². The van der Waals surface area contributed by atoms with Crippen LogP contribution in [0.15, 0.2) is 72.8 Å². The second-order valence-corrected chi connectivity index (χ2v) is 16.9. The number of nitrogens with one attached hydrogen (secondary N) is 3. The van der Waals surface area contributed by atoms with E-state index in [1.807, 2.05) is 6.92 Å². The third-order valence-electron chi connectivity index (χ3n) is 11.4. The smallest absolute Gasteiger partial charge is 0.238 e. The first-order chi connectivity index (χ1) is 27.8. The van der Waals surface area contributed by atoms with Crippen molar-refractivity contribution in [3.05, 3.63) is 117 Å². The van der Waals surface area contributed by atoms with Gasteiger partial charge in [-0.2, -0.15) is 0 Å². The molecular formula is C49H55N3O6. The highest BCUT2D eigenvalue weighted by atomic mass is 16.2. The van der Waals surface area contributed by atoms with E-state index in [1.165, 1.54) is 0 Å². The Balaban J connectivity index is 1.38. The number of rotatable bonds is 17. The van der Waals surface area contributed by atoms with E-state index in [1.54, 1.807) is 72.8 Å². The van der Waals surface area contributed by atoms with Crippen molar-refractivity contribution in [2.75, 3.05) is 17.2 Å². The summed E-state index contributed by atoms with van der Waals surface area (Å²) < 4.78 is 0. The normalized spacial score (nSPS) is 14.1. The Morgan fingerprint density at radius 2 is 0.879 bits per heavy atom. The standard InChI is InChI=1S/C49H55N3O6/c1-28(2)13-11-15-30(5)21-26-40(53)51-38-24-22-32(42-44(38)48(57)36-19-9-7-17-34(36)46(42)55)33-23-25-39(52-41(54)27-50-31(6)16-12-14-29(3)4)45-43(33)47(56)35-18-8-10-20-37(35)49(45)58/h7-10,17-20,22-25,28-31,50H,11-16,21,26-27H2,1-6H3,(H,51,53)(H,52,54). The van der Waals surface area contributed by atoms with Crippen LogP contribution >= 0.6 is 0 Å². The second kappa shape index (κ2) is 18.4. The molecule has 0 aromatic heterocycles. The van der Waals surface area contributed by atoms with E-state index in [0.29, 0.717) is 24.2 Å². The molecule has 2 aliphatic carbocycles. The summed E-state index contributed by atoms with van der Waals surface area (Å²) >= 11 is 0. The van der Waals surface area contributed by atoms with Crippen molar-refractivity contribution in [1.29, 1.82) is 0 Å². The highest BCUT2D eigenvalue weighted by Crippen LogP contribution is 2.43. The van der Waals surface area contributed by atoms with Gasteiger partial charge in [0.15, 0.2) is 23.1 Å². The Bertz CT molecular complexity index is 2110. The molecule has 0 radical (unpaired) electrons. The van der Waals surface area contributed by atoms with E-state index in [9.17, 15) is 28.8 Å². The zero-order valence-corrected chi connectivity index (χ0v) is 34.6. The lowest BCUT2D eigenvalue weighted by Crippen LogP contribution is -2.35. The van der Waals surface area contributed by atoms with Crippen LogP contribution in [0.25, 0.3) is 11.1 Å². The zero-order valence-electron chi connectivity index (χ0n) is 34.6. The lowest BCUT2D eigenvalue weighted by Gasteiger charge is -2.27. The van der Waals surface area contributed by atoms with E-state index in [2.05, 4.69) is 50.6 Å². The third-order valence-corrected chi connectivity index (χ3v) is 11.4. The average molecular weight is 782 g/mol. The van der Waals surface area contributed by atoms with Gasteiger partial charge in [0.2, 0.25) is 11.8 Å². The summed E-state index contributed by atoms with van der Waals surface area (Å²) in [5, 5.41) is 9.07. The van der Waals surface area contributed by atoms with Crippen molar-refractivity contribution < 1.29 is 28.8 Å². The van der Waals surface area contributed by atoms with Gasteiger partial charge in [0.05, 0.1) is 29.0 Å². The number of fused-ring (bicyclic) bond motifs is 4. The molecule has 9 heteroatoms. The summed E-state index contributed by atoms with van der Waals surface area (Å²) in [7, 11) is 0. The Kier molecular flexibility index (Phi) is 13.3. The second-order valence-electron chi connectivity index (χ2n) is 16.9. The number of anilines is 2. The molecule has 0 spiro atoms. The third kappa shape index (κ3) is 9.10. The lowest BCUT2D eigenvalue weighted by atomic mass is 9.75. The van der Waals surface area contributed by atoms with Gasteiger partial charge in [0.1, 0.15) is 0 Å². The van der Waals surface area contributed by atoms with Gasteiger partial charge in [-0.15, -0.1) is 0 Å². The van der Waals surface area contributed by atoms with Crippen LogP contribution in [0.4, 0.5) is 11.4 Å². The minimum Gasteiger partial charge on any atom is -0.325 e. The number of benzene rings is 4. The number of carbonyl (C=O) groups excluding carboxylic acids is 6. The Labute approximate surface area is 341 Å². The molecule has 0 saturated heterocycles. The maximum atomic E-state index is 14.5. The predicted molar refractivity (Wildman–Crippen MR) is 229 cm³/mol. The van der Waals surface area contributed by atoms with Crippen molar-refractivity contribution >= 4 is 46.3 Å². The van der Waals surface area contributed by atoms with Gasteiger partial charge in [0.25, 0.3) is 0 Å². The Morgan fingerprint density at radius 1 is 0.466 bits per heavy atom. The maximum absolute atomic E-state index is 14.5. The summed E-state index contributed by atoms with van der Waals surface area (Å²) in [6.45, 7) is 12.9. The first kappa shape index (κ1) is 42.1. The van der Waals surface area contributed by atoms with Crippen molar-refractivity contribution in [2.45, 2.75) is 99.0 Å². The fourth-order valence-electron chi connectivity index (χ4n) is 8.11. The molecule has 58 heavy (non-hydrogen) atoms. The van der Waals surface area contributed by atoms with E-state index in [-0.39, 0.29) is 97.8 Å². The molecule has 0 heterocycles. The molecule has 9 nitrogen and oxygen atoms in total. The van der Waals surface area contributed by atoms with E-state index < -0.39 is 23.1 Å². The van der Waals surface area contributed by atoms with E-state index in [0.717, 1.165) is 38.5 Å². The summed E-state index contributed by atoms with van der Waals surface area (Å²) in [5.74, 6) is -0.826. The van der Waals surface area contributed by atoms with Gasteiger partial charge in [-0.25, -0.2) is 0 Å². The summed E-state index contributed by atoms with van der Waals surface area (Å²) in [4.78, 5) is 84.5. The molecule has 3 N–H and O–H groups in total. The van der Waals surface area contributed by atoms with Crippen LogP contribution in [-0.2, 0) is 9.59 Å². The summed E-state index contributed by atoms with van der Waals surface area (Å²) in [6, 6.07) is 19.6. The number of ketones is 4. The monoisotopic (exact) mass is 781 g/mol. The summed E-state index contributed by atoms with van der Waals surface area (Å²) in [6.07, 6.45) is 7.22. The quantitative estimate of drug-likeness (QED) is 0.0838. The van der Waals surface area contributed by atoms with Crippen LogP contribution in [0.5, 0.6) is 0 Å². The van der Waals surface area contributed by atoms with Crippen molar-refractivity contribution in [2.24, 2.45) is 17.8 Å². The fourth-order valence-corrected chi connectivity index (χ4v) is 8.11. The first-order valence-electron chi connectivity index (χ1n) is 20.8. The highest BCUT2D eigenvalue weighted by Gasteiger charge is 2.38. The number of amides is 2. The molecule has 302 valence electrons. The summed E-state index contributed by atoms with van der Waals surface area (Å²) in [5.41, 5.74) is 1.87. The van der Waals surface area contributed by atoms with Gasteiger partial charge in [-0.05, 0) is 60.8 Å². The van der Waals surface area contributed by atoms with Crippen molar-refractivity contribution in [1.82, 2.24) is 5.32 Å². The minimum atomic E-state index is -0.447. The maximum Gasteiger partial charge on any atom is 0.238 e. The van der Waals surface area contributed by atoms with Crippen LogP contribution < -0.4 is 16.0 Å². The molecule has 2 aliphatic rings. The average Bonchev–Trinajstić information content (AvgIpc) is 3.20. The van der Waals surface area contributed by atoms with Crippen LogP contribution in [0.3, 0.4) is 0 Å². The van der Waals surface area contributed by atoms with Crippen LogP contribution in [0.1, 0.15) is 157 Å². The van der Waals surface area contributed by atoms with Crippen molar-refractivity contribution in [3.8, 4) is 11.1 Å². The Morgan fingerprint density at radius 3 is 1.33 bits per heavy atom. The van der Waals surface area contributed by atoms with Gasteiger partial charge in [-0.3, -0.25) is 28.8 Å². The van der Waals surface area contributed by atoms with Crippen molar-refractivity contribution in [3.63, 3.8) is 0 Å². The largest absolute Gasteiger partial charge is 0.325 e. The SMILES string of the molecule is CC(C)CCCC(C)CCC(=O)Nc1ccc(-c2ccc(NC(=O)CNC(C)CCCC(C)C)c3c2C(=O)c2ccccc2C3=O)c2c1C(=O)c1ccccc1C2=O. The molecule has 0 bridgehead atoms. The Hall–Kier alpha value is -5.54. The van der Waals surface area contributed by atoms with Crippen LogP contribution in [-0.4, -0.2) is 47.5 Å². The van der Waals surface area contributed by atoms with Gasteiger partial charge >= 0.3 is 0 Å². The molecule has 0 aliphatic heterocycles. The topological polar surface area (TPSA) is 139 Å². The highest BCUT2D eigenvalue weighted by molar-refractivity contribution is 6.35. The molecule has 0 saturated carbocycles. The van der Waals surface area contributed by atoms with Gasteiger partial charge in [-0.1, -0.05) is 127 Å². The number of carbonyl (C=O) groups is 6. The van der Waals surface area contributed by atoms with Gasteiger partial charge < -0.3 is 16.0 Å². The molecule has 2 atom stereocenters. The zero-order chi connectivity index (χ0) is 41.7. The lowest BCUT2D eigenvalue weighted by molar-refractivity contribution is -0.116. The molecule has 0 fully saturated rings. The minimum absolute atomic E-state index is 0.00581. The first-order valence-corrected chi connectivity index (χ1v) is 20.8. The van der Waals surface area contributed by atoms with E-state index in [4.69, 9.17) is 0 Å². The van der Waals surface area contributed by atoms with Crippen LogP contribution in [0, 0.1) is 17.8 Å². The molecule has 2 unspecified atom stereocenters. The molecule has 4 aromatic rings. The fraction of sp³-hybridized carbons (Fsp3) is 0.388. The van der Waals surface area contributed by atoms with Gasteiger partial charge in [0, 0.05) is 45.8 Å². The molecule has 6 rings (SSSR count). The molecule has 2 amide bonds. The van der Waals surface area contributed by atoms with Crippen LogP contribution in [0.2, 0.25) is 0 Å². The molecule has 4 aromatic carbocycles. The molecular weight excluding hydrogens is 727 g/mol. The number of hydrogen-bond acceptors (Lipinski definition) is 7. The predicted octanol–water partition coefficient (Wildman–Crippen LogP) is 9.83.